The number of ether oxygens (including phenoxy) is 5. The Labute approximate surface area is 151 Å². The van der Waals surface area contributed by atoms with Crippen LogP contribution < -0.4 is 0 Å². The van der Waals surface area contributed by atoms with Gasteiger partial charge in [-0.2, -0.15) is 0 Å². The van der Waals surface area contributed by atoms with Gasteiger partial charge in [0.2, 0.25) is 5.76 Å². The molecule has 0 unspecified atom stereocenters. The minimum absolute atomic E-state index is 0.0709. The second kappa shape index (κ2) is 8.20. The number of nitrogens with zero attached hydrogens (tertiary/aromatic N) is 1. The summed E-state index contributed by atoms with van der Waals surface area (Å²) >= 11 is 0. The SMILES string of the molecule is CC[C@@H](OC(C)=O)[C@@H](OC(C)=O)[C@@H]1OC(C(=O)OC)=C[C@H]2OC(C)=N[C@@H]12. The molecule has 0 aliphatic carbocycles. The van der Waals surface area contributed by atoms with Crippen molar-refractivity contribution in [2.24, 2.45) is 4.99 Å². The van der Waals surface area contributed by atoms with Crippen LogP contribution >= 0.6 is 0 Å². The van der Waals surface area contributed by atoms with Gasteiger partial charge < -0.3 is 23.7 Å². The molecule has 0 aromatic rings. The third kappa shape index (κ3) is 4.33. The lowest BCUT2D eigenvalue weighted by molar-refractivity contribution is -0.181. The molecule has 0 aromatic heterocycles. The van der Waals surface area contributed by atoms with Crippen LogP contribution in [0.3, 0.4) is 0 Å². The first-order valence-corrected chi connectivity index (χ1v) is 8.29. The van der Waals surface area contributed by atoms with Gasteiger partial charge in [-0.15, -0.1) is 0 Å². The molecule has 2 heterocycles. The zero-order valence-corrected chi connectivity index (χ0v) is 15.4. The molecule has 0 spiro atoms. The summed E-state index contributed by atoms with van der Waals surface area (Å²) < 4.78 is 26.8. The fraction of sp³-hybridized carbons (Fsp3) is 0.647. The van der Waals surface area contributed by atoms with E-state index in [0.717, 1.165) is 0 Å². The number of carbonyl (C=O) groups excluding carboxylic acids is 3. The molecule has 0 aromatic carbocycles. The summed E-state index contributed by atoms with van der Waals surface area (Å²) in [6, 6.07) is -0.558. The highest BCUT2D eigenvalue weighted by atomic mass is 16.6. The van der Waals surface area contributed by atoms with Crippen LogP contribution in [0.2, 0.25) is 0 Å². The highest BCUT2D eigenvalue weighted by molar-refractivity contribution is 5.87. The van der Waals surface area contributed by atoms with Gasteiger partial charge in [-0.05, 0) is 6.42 Å². The predicted molar refractivity (Wildman–Crippen MR) is 88.1 cm³/mol. The van der Waals surface area contributed by atoms with Crippen molar-refractivity contribution in [1.29, 1.82) is 0 Å². The van der Waals surface area contributed by atoms with E-state index in [9.17, 15) is 14.4 Å². The predicted octanol–water partition coefficient (Wildman–Crippen LogP) is 0.901. The van der Waals surface area contributed by atoms with Gasteiger partial charge in [0.15, 0.2) is 18.1 Å². The Balaban J connectivity index is 2.39. The fourth-order valence-corrected chi connectivity index (χ4v) is 3.00. The number of hydrogen-bond donors (Lipinski definition) is 0. The van der Waals surface area contributed by atoms with Crippen LogP contribution in [-0.2, 0) is 38.1 Å². The monoisotopic (exact) mass is 369 g/mol. The van der Waals surface area contributed by atoms with Crippen molar-refractivity contribution in [3.8, 4) is 0 Å². The van der Waals surface area contributed by atoms with Crippen molar-refractivity contribution < 1.29 is 38.1 Å². The van der Waals surface area contributed by atoms with E-state index in [-0.39, 0.29) is 5.76 Å². The van der Waals surface area contributed by atoms with Crippen molar-refractivity contribution in [1.82, 2.24) is 0 Å². The van der Waals surface area contributed by atoms with Crippen LogP contribution in [0.5, 0.6) is 0 Å². The third-order valence-electron chi connectivity index (χ3n) is 3.99. The molecule has 9 nitrogen and oxygen atoms in total. The Morgan fingerprint density at radius 2 is 1.85 bits per heavy atom. The van der Waals surface area contributed by atoms with Gasteiger partial charge >= 0.3 is 17.9 Å². The topological polar surface area (TPSA) is 110 Å². The first-order chi connectivity index (χ1) is 12.3. The first-order valence-electron chi connectivity index (χ1n) is 8.29. The fourth-order valence-electron chi connectivity index (χ4n) is 3.00. The summed E-state index contributed by atoms with van der Waals surface area (Å²) in [5, 5.41) is 0. The summed E-state index contributed by atoms with van der Waals surface area (Å²) in [7, 11) is 1.22. The molecule has 2 aliphatic heterocycles. The molecule has 0 bridgehead atoms. The normalized spacial score (nSPS) is 26.1. The summed E-state index contributed by atoms with van der Waals surface area (Å²) in [4.78, 5) is 39.4. The molecular weight excluding hydrogens is 346 g/mol. The maximum atomic E-state index is 11.9. The largest absolute Gasteiger partial charge is 0.477 e. The van der Waals surface area contributed by atoms with E-state index in [0.29, 0.717) is 12.3 Å². The molecule has 0 radical (unpaired) electrons. The van der Waals surface area contributed by atoms with Crippen molar-refractivity contribution >= 4 is 23.8 Å². The Morgan fingerprint density at radius 3 is 2.38 bits per heavy atom. The lowest BCUT2D eigenvalue weighted by atomic mass is 9.93. The average Bonchev–Trinajstić information content (AvgIpc) is 2.95. The van der Waals surface area contributed by atoms with E-state index in [1.807, 2.05) is 0 Å². The van der Waals surface area contributed by atoms with Crippen LogP contribution in [0.15, 0.2) is 16.8 Å². The Hall–Kier alpha value is -2.58. The molecule has 0 amide bonds. The van der Waals surface area contributed by atoms with Crippen LogP contribution in [0.25, 0.3) is 0 Å². The number of esters is 3. The average molecular weight is 369 g/mol. The first kappa shape index (κ1) is 19.7. The number of methoxy groups -OCH3 is 1. The molecule has 0 N–H and O–H groups in total. The summed E-state index contributed by atoms with van der Waals surface area (Å²) in [5.41, 5.74) is 0. The van der Waals surface area contributed by atoms with Crippen molar-refractivity contribution in [2.45, 2.75) is 64.6 Å². The lowest BCUT2D eigenvalue weighted by Gasteiger charge is -2.37. The van der Waals surface area contributed by atoms with Crippen LogP contribution in [0.4, 0.5) is 0 Å². The highest BCUT2D eigenvalue weighted by Crippen LogP contribution is 2.32. The molecule has 0 saturated heterocycles. The quantitative estimate of drug-likeness (QED) is 0.502. The molecule has 5 atom stereocenters. The van der Waals surface area contributed by atoms with Gasteiger partial charge in [0, 0.05) is 26.8 Å². The molecule has 0 fully saturated rings. The number of rotatable bonds is 6. The van der Waals surface area contributed by atoms with Gasteiger partial charge in [-0.25, -0.2) is 9.79 Å². The third-order valence-corrected chi connectivity index (χ3v) is 3.99. The number of hydrogen-bond acceptors (Lipinski definition) is 9. The second-order valence-electron chi connectivity index (χ2n) is 5.96. The maximum Gasteiger partial charge on any atom is 0.373 e. The van der Waals surface area contributed by atoms with E-state index in [1.54, 1.807) is 13.8 Å². The zero-order valence-electron chi connectivity index (χ0n) is 15.4. The van der Waals surface area contributed by atoms with Gasteiger partial charge in [-0.1, -0.05) is 6.92 Å². The van der Waals surface area contributed by atoms with Crippen LogP contribution in [0.1, 0.15) is 34.1 Å². The molecule has 2 rings (SSSR count). The van der Waals surface area contributed by atoms with Crippen LogP contribution in [0, 0.1) is 0 Å². The zero-order chi connectivity index (χ0) is 19.4. The Bertz CT molecular complexity index is 641. The smallest absolute Gasteiger partial charge is 0.373 e. The van der Waals surface area contributed by atoms with E-state index < -0.39 is 48.4 Å². The number of aliphatic imine (C=N–C) groups is 1. The maximum absolute atomic E-state index is 11.9. The minimum atomic E-state index is -0.972. The Kier molecular flexibility index (Phi) is 6.23. The molecule has 26 heavy (non-hydrogen) atoms. The standard InChI is InChI=1S/C17H23NO8/c1-6-11(24-9(3)19)15(25-10(4)20)16-14-12(23-8(2)18-14)7-13(26-16)17(21)22-5/h7,11-12,14-16H,6H2,1-5H3/t11-,12-,14-,15-,16-/m1/s1. The summed E-state index contributed by atoms with van der Waals surface area (Å²) in [6.07, 6.45) is -1.35. The van der Waals surface area contributed by atoms with E-state index >= 15 is 0 Å². The van der Waals surface area contributed by atoms with Gasteiger partial charge in [0.1, 0.15) is 18.2 Å². The molecular formula is C17H23NO8. The Morgan fingerprint density at radius 1 is 1.19 bits per heavy atom. The van der Waals surface area contributed by atoms with E-state index in [2.05, 4.69) is 4.99 Å². The van der Waals surface area contributed by atoms with Crippen molar-refractivity contribution in [2.75, 3.05) is 7.11 Å². The number of carbonyl (C=O) groups is 3. The van der Waals surface area contributed by atoms with Crippen molar-refractivity contribution in [3.05, 3.63) is 11.8 Å². The van der Waals surface area contributed by atoms with Gasteiger partial charge in [-0.3, -0.25) is 9.59 Å². The highest BCUT2D eigenvalue weighted by Gasteiger charge is 2.49. The molecule has 2 aliphatic rings. The van der Waals surface area contributed by atoms with E-state index in [4.69, 9.17) is 23.7 Å². The van der Waals surface area contributed by atoms with Crippen molar-refractivity contribution in [3.63, 3.8) is 0 Å². The lowest BCUT2D eigenvalue weighted by Crippen LogP contribution is -2.53. The minimum Gasteiger partial charge on any atom is -0.477 e. The number of fused-ring (bicyclic) bond motifs is 1. The molecule has 0 saturated carbocycles. The summed E-state index contributed by atoms with van der Waals surface area (Å²) in [6.45, 7) is 5.95. The van der Waals surface area contributed by atoms with Gasteiger partial charge in [0.05, 0.1) is 7.11 Å². The van der Waals surface area contributed by atoms with Crippen LogP contribution in [-0.4, -0.2) is 61.4 Å². The summed E-state index contributed by atoms with van der Waals surface area (Å²) in [5.74, 6) is -1.44. The molecule has 9 heteroatoms. The van der Waals surface area contributed by atoms with E-state index in [1.165, 1.54) is 27.0 Å². The van der Waals surface area contributed by atoms with Gasteiger partial charge in [0.25, 0.3) is 0 Å². The second-order valence-corrected chi connectivity index (χ2v) is 5.96. The molecule has 144 valence electrons.